The van der Waals surface area contributed by atoms with E-state index in [0.717, 1.165) is 24.3 Å². The average molecular weight is 348 g/mol. The number of rotatable bonds is 3. The standard InChI is InChI=1S/C17H16N8O/c1-2-8-26-15(3-1)25-13(4-7-24(25)14-10-18-5-6-19-14)17-20-9-12-16(23-17)22-11-21-12/h1-3,5-6,8-11,13,15H,4,7H2,(H,20,21,22,23). The van der Waals surface area contributed by atoms with Crippen molar-refractivity contribution in [3.05, 3.63) is 61.4 Å². The fraction of sp³-hybridized carbons (Fsp3) is 0.235. The molecule has 0 radical (unpaired) electrons. The number of H-pyrrole nitrogens is 1. The number of ether oxygens (including phenoxy) is 1. The van der Waals surface area contributed by atoms with Gasteiger partial charge in [-0.2, -0.15) is 5.01 Å². The molecule has 3 aromatic rings. The molecule has 130 valence electrons. The number of hydrogen-bond donors (Lipinski definition) is 1. The molecule has 2 unspecified atom stereocenters. The number of hydrazine groups is 1. The number of hydrogen-bond acceptors (Lipinski definition) is 8. The maximum Gasteiger partial charge on any atom is 0.188 e. The molecule has 0 aliphatic carbocycles. The Morgan fingerprint density at radius 3 is 2.96 bits per heavy atom. The van der Waals surface area contributed by atoms with Gasteiger partial charge in [0.25, 0.3) is 0 Å². The molecule has 0 bridgehead atoms. The van der Waals surface area contributed by atoms with Gasteiger partial charge < -0.3 is 9.72 Å². The number of aromatic nitrogens is 6. The minimum absolute atomic E-state index is 0.0562. The van der Waals surface area contributed by atoms with Crippen LogP contribution < -0.4 is 5.01 Å². The number of allylic oxidation sites excluding steroid dienone is 2. The van der Waals surface area contributed by atoms with Crippen molar-refractivity contribution < 1.29 is 4.74 Å². The Morgan fingerprint density at radius 1 is 1.12 bits per heavy atom. The highest BCUT2D eigenvalue weighted by molar-refractivity contribution is 5.68. The second-order valence-electron chi connectivity index (χ2n) is 5.98. The van der Waals surface area contributed by atoms with Gasteiger partial charge in [0.1, 0.15) is 11.3 Å². The number of nitrogens with one attached hydrogen (secondary N) is 1. The monoisotopic (exact) mass is 348 g/mol. The minimum atomic E-state index is -0.270. The van der Waals surface area contributed by atoms with Crippen LogP contribution in [0.15, 0.2) is 55.6 Å². The van der Waals surface area contributed by atoms with Crippen molar-refractivity contribution in [3.8, 4) is 0 Å². The number of anilines is 1. The van der Waals surface area contributed by atoms with Gasteiger partial charge in [-0.3, -0.25) is 9.99 Å². The smallest absolute Gasteiger partial charge is 0.188 e. The van der Waals surface area contributed by atoms with Crippen molar-refractivity contribution in [2.45, 2.75) is 18.7 Å². The molecule has 0 spiro atoms. The van der Waals surface area contributed by atoms with Gasteiger partial charge in [0, 0.05) is 18.9 Å². The Bertz CT molecular complexity index is 969. The third-order valence-corrected chi connectivity index (χ3v) is 4.46. The maximum atomic E-state index is 5.83. The SMILES string of the molecule is C1=COC(N2C(c3ncc4[nH]cnc4n3)CCN2c2cnccn2)C=C1. The van der Waals surface area contributed by atoms with E-state index < -0.39 is 0 Å². The topological polar surface area (TPSA) is 96.0 Å². The van der Waals surface area contributed by atoms with Crippen LogP contribution in [0.3, 0.4) is 0 Å². The van der Waals surface area contributed by atoms with E-state index in [9.17, 15) is 0 Å². The predicted molar refractivity (Wildman–Crippen MR) is 93.4 cm³/mol. The zero-order valence-electron chi connectivity index (χ0n) is 13.8. The van der Waals surface area contributed by atoms with E-state index >= 15 is 0 Å². The zero-order chi connectivity index (χ0) is 17.3. The zero-order valence-corrected chi connectivity index (χ0v) is 13.8. The molecule has 26 heavy (non-hydrogen) atoms. The van der Waals surface area contributed by atoms with Crippen molar-refractivity contribution in [3.63, 3.8) is 0 Å². The van der Waals surface area contributed by atoms with Gasteiger partial charge in [-0.15, -0.1) is 0 Å². The molecule has 9 heteroatoms. The van der Waals surface area contributed by atoms with Crippen molar-refractivity contribution in [1.82, 2.24) is 34.9 Å². The van der Waals surface area contributed by atoms with E-state index in [1.807, 2.05) is 18.2 Å². The highest BCUT2D eigenvalue weighted by Crippen LogP contribution is 2.36. The molecule has 9 nitrogen and oxygen atoms in total. The van der Waals surface area contributed by atoms with Crippen LogP contribution in [0.5, 0.6) is 0 Å². The summed E-state index contributed by atoms with van der Waals surface area (Å²) < 4.78 is 5.83. The number of nitrogens with zero attached hydrogens (tertiary/aromatic N) is 7. The van der Waals surface area contributed by atoms with Gasteiger partial charge in [0.2, 0.25) is 0 Å². The Balaban J connectivity index is 1.55. The molecule has 0 aromatic carbocycles. The van der Waals surface area contributed by atoms with E-state index in [1.165, 1.54) is 0 Å². The summed E-state index contributed by atoms with van der Waals surface area (Å²) in [5, 5.41) is 4.18. The molecular weight excluding hydrogens is 332 g/mol. The molecule has 5 heterocycles. The van der Waals surface area contributed by atoms with E-state index in [2.05, 4.69) is 39.9 Å². The first-order chi connectivity index (χ1) is 12.9. The predicted octanol–water partition coefficient (Wildman–Crippen LogP) is 1.74. The molecule has 1 fully saturated rings. The largest absolute Gasteiger partial charge is 0.477 e. The van der Waals surface area contributed by atoms with Crippen LogP contribution in [0, 0.1) is 0 Å². The van der Waals surface area contributed by atoms with Gasteiger partial charge >= 0.3 is 0 Å². The number of fused-ring (bicyclic) bond motifs is 1. The Kier molecular flexibility index (Phi) is 3.56. The van der Waals surface area contributed by atoms with Crippen LogP contribution in [0.1, 0.15) is 18.3 Å². The minimum Gasteiger partial charge on any atom is -0.477 e. The first-order valence-corrected chi connectivity index (χ1v) is 8.37. The van der Waals surface area contributed by atoms with Gasteiger partial charge in [-0.1, -0.05) is 6.08 Å². The summed E-state index contributed by atoms with van der Waals surface area (Å²) >= 11 is 0. The fourth-order valence-corrected chi connectivity index (χ4v) is 3.32. The molecule has 0 amide bonds. The summed E-state index contributed by atoms with van der Waals surface area (Å²) in [6.07, 6.45) is 16.6. The first-order valence-electron chi connectivity index (χ1n) is 8.37. The van der Waals surface area contributed by atoms with Gasteiger partial charge in [-0.25, -0.2) is 19.9 Å². The summed E-state index contributed by atoms with van der Waals surface area (Å²) in [5.41, 5.74) is 1.48. The van der Waals surface area contributed by atoms with Crippen molar-refractivity contribution >= 4 is 17.0 Å². The average Bonchev–Trinajstić information content (AvgIpc) is 3.35. The molecular formula is C17H16N8O. The summed E-state index contributed by atoms with van der Waals surface area (Å²) in [7, 11) is 0. The van der Waals surface area contributed by atoms with Gasteiger partial charge in [0.05, 0.1) is 31.0 Å². The Morgan fingerprint density at radius 2 is 2.12 bits per heavy atom. The van der Waals surface area contributed by atoms with Crippen LogP contribution in [-0.2, 0) is 4.74 Å². The Hall–Kier alpha value is -3.33. The third-order valence-electron chi connectivity index (χ3n) is 4.46. The molecule has 2 aliphatic rings. The quantitative estimate of drug-likeness (QED) is 0.765. The van der Waals surface area contributed by atoms with Crippen LogP contribution >= 0.6 is 0 Å². The first kappa shape index (κ1) is 15.0. The second kappa shape index (κ2) is 6.19. The summed E-state index contributed by atoms with van der Waals surface area (Å²) in [4.78, 5) is 25.1. The molecule has 0 saturated carbocycles. The van der Waals surface area contributed by atoms with E-state index in [-0.39, 0.29) is 12.3 Å². The molecule has 3 aromatic heterocycles. The van der Waals surface area contributed by atoms with Gasteiger partial charge in [0.15, 0.2) is 17.7 Å². The van der Waals surface area contributed by atoms with Crippen LogP contribution in [0.25, 0.3) is 11.2 Å². The lowest BCUT2D eigenvalue weighted by Crippen LogP contribution is -2.46. The lowest BCUT2D eigenvalue weighted by Gasteiger charge is -2.36. The lowest BCUT2D eigenvalue weighted by atomic mass is 10.2. The number of aromatic amines is 1. The van der Waals surface area contributed by atoms with Crippen LogP contribution in [-0.4, -0.2) is 47.7 Å². The van der Waals surface area contributed by atoms with Crippen molar-refractivity contribution in [1.29, 1.82) is 0 Å². The van der Waals surface area contributed by atoms with Crippen LogP contribution in [0.4, 0.5) is 5.82 Å². The molecule has 2 aliphatic heterocycles. The summed E-state index contributed by atoms with van der Waals surface area (Å²) in [5.74, 6) is 1.48. The van der Waals surface area contributed by atoms with E-state index in [1.54, 1.807) is 37.4 Å². The molecule has 2 atom stereocenters. The van der Waals surface area contributed by atoms with Crippen molar-refractivity contribution in [2.75, 3.05) is 11.6 Å². The molecule has 5 rings (SSSR count). The highest BCUT2D eigenvalue weighted by Gasteiger charge is 2.40. The summed E-state index contributed by atoms with van der Waals surface area (Å²) in [6, 6.07) is -0.0562. The third kappa shape index (κ3) is 2.49. The number of imidazole rings is 1. The lowest BCUT2D eigenvalue weighted by molar-refractivity contribution is 0.00483. The maximum absolute atomic E-state index is 5.83. The molecule has 1 saturated heterocycles. The summed E-state index contributed by atoms with van der Waals surface area (Å²) in [6.45, 7) is 0.767. The van der Waals surface area contributed by atoms with E-state index in [4.69, 9.17) is 4.74 Å². The van der Waals surface area contributed by atoms with Crippen LogP contribution in [0.2, 0.25) is 0 Å². The normalized spacial score (nSPS) is 22.8. The highest BCUT2D eigenvalue weighted by atomic mass is 16.5. The van der Waals surface area contributed by atoms with Crippen molar-refractivity contribution in [2.24, 2.45) is 0 Å². The van der Waals surface area contributed by atoms with Gasteiger partial charge in [-0.05, 0) is 18.6 Å². The van der Waals surface area contributed by atoms with E-state index in [0.29, 0.717) is 11.5 Å². The Labute approximate surface area is 149 Å². The second-order valence-corrected chi connectivity index (χ2v) is 5.98. The fourth-order valence-electron chi connectivity index (χ4n) is 3.32. The molecule has 1 N–H and O–H groups in total.